The van der Waals surface area contributed by atoms with Crippen molar-refractivity contribution in [2.45, 2.75) is 18.2 Å². The molecule has 0 atom stereocenters. The minimum absolute atomic E-state index is 0.00370. The number of rotatable bonds is 10. The molecule has 0 spiro atoms. The first-order valence-corrected chi connectivity index (χ1v) is 10.0. The van der Waals surface area contributed by atoms with Gasteiger partial charge in [0, 0.05) is 6.07 Å². The van der Waals surface area contributed by atoms with E-state index in [1.165, 1.54) is 38.6 Å². The maximum atomic E-state index is 12.4. The minimum atomic E-state index is -3.86. The molecule has 0 bridgehead atoms. The highest BCUT2D eigenvalue weighted by molar-refractivity contribution is 7.89. The van der Waals surface area contributed by atoms with Crippen LogP contribution in [-0.2, 0) is 10.0 Å². The molecule has 2 aromatic rings. The molecule has 0 aliphatic heterocycles. The average Bonchev–Trinajstić information content (AvgIpc) is 2.71. The van der Waals surface area contributed by atoms with Crippen LogP contribution in [0.2, 0.25) is 0 Å². The van der Waals surface area contributed by atoms with E-state index in [1.54, 1.807) is 25.3 Å². The summed E-state index contributed by atoms with van der Waals surface area (Å²) < 4.78 is 46.0. The third kappa shape index (κ3) is 5.29. The van der Waals surface area contributed by atoms with Crippen LogP contribution in [-0.4, -0.2) is 42.6 Å². The summed E-state index contributed by atoms with van der Waals surface area (Å²) >= 11 is 0. The average molecular weight is 408 g/mol. The molecule has 1 N–H and O–H groups in total. The Labute approximate surface area is 165 Å². The second kappa shape index (κ2) is 9.84. The molecular formula is C19H24N2O6S. The van der Waals surface area contributed by atoms with Crippen LogP contribution in [0.1, 0.15) is 18.9 Å². The lowest BCUT2D eigenvalue weighted by molar-refractivity contribution is 0.294. The van der Waals surface area contributed by atoms with Crippen molar-refractivity contribution in [2.75, 3.05) is 27.9 Å². The van der Waals surface area contributed by atoms with E-state index in [-0.39, 0.29) is 4.90 Å². The Kier molecular flexibility index (Phi) is 7.51. The molecule has 28 heavy (non-hydrogen) atoms. The number of hydrazone groups is 1. The van der Waals surface area contributed by atoms with Gasteiger partial charge in [0.25, 0.3) is 10.0 Å². The molecule has 2 rings (SSSR count). The first kappa shape index (κ1) is 21.4. The summed E-state index contributed by atoms with van der Waals surface area (Å²) in [5, 5.41) is 3.83. The predicted octanol–water partition coefficient (Wildman–Crippen LogP) is 2.81. The van der Waals surface area contributed by atoms with Crippen molar-refractivity contribution >= 4 is 16.2 Å². The number of sulfonamides is 1. The fourth-order valence-electron chi connectivity index (χ4n) is 2.31. The van der Waals surface area contributed by atoms with Crippen molar-refractivity contribution in [3.63, 3.8) is 0 Å². The van der Waals surface area contributed by atoms with Crippen LogP contribution in [0, 0.1) is 0 Å². The van der Waals surface area contributed by atoms with Gasteiger partial charge in [-0.1, -0.05) is 6.92 Å². The Morgan fingerprint density at radius 1 is 0.929 bits per heavy atom. The zero-order valence-corrected chi connectivity index (χ0v) is 17.1. The third-order valence-electron chi connectivity index (χ3n) is 3.70. The molecule has 152 valence electrons. The quantitative estimate of drug-likeness (QED) is 0.480. The summed E-state index contributed by atoms with van der Waals surface area (Å²) in [6.07, 6.45) is 2.24. The van der Waals surface area contributed by atoms with Gasteiger partial charge in [0.1, 0.15) is 0 Å². The smallest absolute Gasteiger partial charge is 0.276 e. The van der Waals surface area contributed by atoms with Gasteiger partial charge < -0.3 is 18.9 Å². The summed E-state index contributed by atoms with van der Waals surface area (Å²) in [5.41, 5.74) is 0.655. The molecule has 0 aromatic heterocycles. The van der Waals surface area contributed by atoms with E-state index < -0.39 is 10.0 Å². The lowest BCUT2D eigenvalue weighted by atomic mass is 10.2. The molecule has 0 saturated carbocycles. The van der Waals surface area contributed by atoms with Gasteiger partial charge in [-0.2, -0.15) is 13.5 Å². The summed E-state index contributed by atoms with van der Waals surface area (Å²) in [5.74, 6) is 1.90. The molecule has 0 radical (unpaired) electrons. The van der Waals surface area contributed by atoms with Crippen molar-refractivity contribution < 1.29 is 27.4 Å². The molecule has 0 unspecified atom stereocenters. The minimum Gasteiger partial charge on any atom is -0.493 e. The van der Waals surface area contributed by atoms with E-state index in [4.69, 9.17) is 18.9 Å². The number of hydrogen-bond donors (Lipinski definition) is 1. The fourth-order valence-corrected chi connectivity index (χ4v) is 3.11. The number of hydrogen-bond acceptors (Lipinski definition) is 7. The highest BCUT2D eigenvalue weighted by Gasteiger charge is 2.16. The van der Waals surface area contributed by atoms with Crippen LogP contribution < -0.4 is 23.8 Å². The third-order valence-corrected chi connectivity index (χ3v) is 4.92. The summed E-state index contributed by atoms with van der Waals surface area (Å²) in [4.78, 5) is 2.18. The number of ether oxygens (including phenoxy) is 4. The Morgan fingerprint density at radius 3 is 2.21 bits per heavy atom. The first-order chi connectivity index (χ1) is 13.4. The van der Waals surface area contributed by atoms with E-state index in [2.05, 4.69) is 9.93 Å². The van der Waals surface area contributed by atoms with Crippen LogP contribution >= 0.6 is 0 Å². The monoisotopic (exact) mass is 408 g/mol. The summed E-state index contributed by atoms with van der Waals surface area (Å²) in [6.45, 7) is 2.55. The molecule has 0 heterocycles. The van der Waals surface area contributed by atoms with Crippen molar-refractivity contribution in [2.24, 2.45) is 5.10 Å². The van der Waals surface area contributed by atoms with Crippen LogP contribution in [0.3, 0.4) is 0 Å². The lowest BCUT2D eigenvalue weighted by Crippen LogP contribution is -2.18. The van der Waals surface area contributed by atoms with Gasteiger partial charge in [0.05, 0.1) is 39.0 Å². The zero-order valence-electron chi connectivity index (χ0n) is 16.3. The number of nitrogens with zero attached hydrogens (tertiary/aromatic N) is 1. The second-order valence-corrected chi connectivity index (χ2v) is 7.29. The summed E-state index contributed by atoms with van der Waals surface area (Å²) in [6, 6.07) is 9.48. The zero-order chi connectivity index (χ0) is 20.6. The van der Waals surface area contributed by atoms with Crippen molar-refractivity contribution in [3.05, 3.63) is 42.0 Å². The Balaban J connectivity index is 2.17. The normalized spacial score (nSPS) is 11.3. The van der Waals surface area contributed by atoms with Crippen molar-refractivity contribution in [3.8, 4) is 23.0 Å². The van der Waals surface area contributed by atoms with Gasteiger partial charge in [-0.3, -0.25) is 0 Å². The number of benzene rings is 2. The molecule has 9 heteroatoms. The van der Waals surface area contributed by atoms with Crippen molar-refractivity contribution in [1.82, 2.24) is 4.83 Å². The molecule has 2 aromatic carbocycles. The van der Waals surface area contributed by atoms with Crippen LogP contribution in [0.25, 0.3) is 0 Å². The Hall–Kier alpha value is -2.94. The maximum Gasteiger partial charge on any atom is 0.276 e. The van der Waals surface area contributed by atoms with E-state index in [9.17, 15) is 8.42 Å². The van der Waals surface area contributed by atoms with E-state index in [0.717, 1.165) is 6.42 Å². The fraction of sp³-hybridized carbons (Fsp3) is 0.316. The van der Waals surface area contributed by atoms with Gasteiger partial charge in [-0.15, -0.1) is 0 Å². The van der Waals surface area contributed by atoms with Crippen LogP contribution in [0.15, 0.2) is 46.4 Å². The Morgan fingerprint density at radius 2 is 1.57 bits per heavy atom. The van der Waals surface area contributed by atoms with Crippen LogP contribution in [0.5, 0.6) is 23.0 Å². The van der Waals surface area contributed by atoms with Crippen LogP contribution in [0.4, 0.5) is 0 Å². The van der Waals surface area contributed by atoms with E-state index >= 15 is 0 Å². The standard InChI is InChI=1S/C19H24N2O6S/c1-5-10-27-19-11-14(6-8-17(19)25-3)13-20-21-28(22,23)15-7-9-16(24-2)18(12-15)26-4/h6-9,11-13,21H,5,10H2,1-4H3/b20-13+. The molecule has 0 saturated heterocycles. The molecule has 0 aliphatic carbocycles. The van der Waals surface area contributed by atoms with Gasteiger partial charge in [0.15, 0.2) is 23.0 Å². The second-order valence-electron chi connectivity index (χ2n) is 5.63. The highest BCUT2D eigenvalue weighted by Crippen LogP contribution is 2.29. The molecule has 0 aliphatic rings. The molecular weight excluding hydrogens is 384 g/mol. The van der Waals surface area contributed by atoms with Gasteiger partial charge >= 0.3 is 0 Å². The maximum absolute atomic E-state index is 12.4. The van der Waals surface area contributed by atoms with E-state index in [1.807, 2.05) is 6.92 Å². The van der Waals surface area contributed by atoms with Gasteiger partial charge in [0.2, 0.25) is 0 Å². The SMILES string of the molecule is CCCOc1cc(/C=N/NS(=O)(=O)c2ccc(OC)c(OC)c2)ccc1OC. The first-order valence-electron chi connectivity index (χ1n) is 8.53. The van der Waals surface area contributed by atoms with Crippen molar-refractivity contribution in [1.29, 1.82) is 0 Å². The van der Waals surface area contributed by atoms with E-state index in [0.29, 0.717) is 35.2 Å². The number of methoxy groups -OCH3 is 3. The largest absolute Gasteiger partial charge is 0.493 e. The molecule has 8 nitrogen and oxygen atoms in total. The Bertz CT molecular complexity index is 928. The van der Waals surface area contributed by atoms with Gasteiger partial charge in [-0.25, -0.2) is 4.83 Å². The van der Waals surface area contributed by atoms with Gasteiger partial charge in [-0.05, 0) is 42.3 Å². The predicted molar refractivity (Wildman–Crippen MR) is 106 cm³/mol. The summed E-state index contributed by atoms with van der Waals surface area (Å²) in [7, 11) is 0.597. The lowest BCUT2D eigenvalue weighted by Gasteiger charge is -2.11. The topological polar surface area (TPSA) is 95.5 Å². The molecule has 0 fully saturated rings. The highest BCUT2D eigenvalue weighted by atomic mass is 32.2. The molecule has 0 amide bonds. The number of nitrogens with one attached hydrogen (secondary N) is 1.